The van der Waals surface area contributed by atoms with Crippen LogP contribution in [0.25, 0.3) is 10.2 Å². The Bertz CT molecular complexity index is 1310. The number of hydrogen-bond acceptors (Lipinski definition) is 7. The number of rotatable bonds is 6. The summed E-state index contributed by atoms with van der Waals surface area (Å²) in [5.41, 5.74) is 1.78. The number of benzene rings is 3. The molecule has 1 heterocycles. The van der Waals surface area contributed by atoms with Gasteiger partial charge in [-0.25, -0.2) is 4.98 Å². The molecule has 0 bridgehead atoms. The monoisotopic (exact) mass is 436 g/mol. The Morgan fingerprint density at radius 1 is 0.933 bits per heavy atom. The van der Waals surface area contributed by atoms with Crippen molar-refractivity contribution in [3.05, 3.63) is 95.0 Å². The largest absolute Gasteiger partial charge is 0.358 e. The van der Waals surface area contributed by atoms with Gasteiger partial charge in [0.05, 0.1) is 10.2 Å². The molecular weight excluding hydrogens is 420 g/mol. The van der Waals surface area contributed by atoms with Gasteiger partial charge < -0.3 is 0 Å². The number of oxime groups is 1. The van der Waals surface area contributed by atoms with Gasteiger partial charge in [-0.3, -0.25) is 9.08 Å². The number of thiazole rings is 1. The third-order valence-corrected chi connectivity index (χ3v) is 6.45. The van der Waals surface area contributed by atoms with Crippen LogP contribution in [-0.2, 0) is 14.4 Å². The van der Waals surface area contributed by atoms with Crippen molar-refractivity contribution in [2.75, 3.05) is 0 Å². The van der Waals surface area contributed by atoms with Crippen molar-refractivity contribution in [1.82, 2.24) is 4.98 Å². The minimum atomic E-state index is -4.19. The van der Waals surface area contributed by atoms with Crippen LogP contribution in [0.15, 0.2) is 88.9 Å². The lowest BCUT2D eigenvalue weighted by molar-refractivity contribution is 0.106. The van der Waals surface area contributed by atoms with Crippen LogP contribution < -0.4 is 0 Å². The molecule has 3 aromatic carbocycles. The smallest absolute Gasteiger partial charge is 0.287 e. The summed E-state index contributed by atoms with van der Waals surface area (Å²) in [5.74, 6) is -0.478. The van der Waals surface area contributed by atoms with E-state index >= 15 is 0 Å². The zero-order chi connectivity index (χ0) is 21.1. The fourth-order valence-corrected chi connectivity index (χ4v) is 4.38. The summed E-state index contributed by atoms with van der Waals surface area (Å²) in [5, 5.41) is 4.04. The number of carbonyl (C=O) groups excluding carboxylic acids is 1. The maximum atomic E-state index is 13.1. The Balaban J connectivity index is 1.76. The first-order valence-electron chi connectivity index (χ1n) is 8.98. The van der Waals surface area contributed by atoms with Crippen LogP contribution in [0.4, 0.5) is 0 Å². The number of aromatic nitrogens is 1. The van der Waals surface area contributed by atoms with E-state index < -0.39 is 15.9 Å². The summed E-state index contributed by atoms with van der Waals surface area (Å²) < 4.78 is 30.9. The molecule has 0 amide bonds. The van der Waals surface area contributed by atoms with Gasteiger partial charge in [0.1, 0.15) is 4.90 Å². The second kappa shape index (κ2) is 8.17. The summed E-state index contributed by atoms with van der Waals surface area (Å²) >= 11 is 1.24. The fraction of sp³-hybridized carbons (Fsp3) is 0.0455. The molecule has 0 saturated heterocycles. The van der Waals surface area contributed by atoms with Gasteiger partial charge in [-0.15, -0.1) is 11.3 Å². The van der Waals surface area contributed by atoms with Gasteiger partial charge in [0.15, 0.2) is 10.7 Å². The number of para-hydroxylation sites is 1. The Morgan fingerprint density at radius 3 is 2.30 bits per heavy atom. The molecule has 4 rings (SSSR count). The van der Waals surface area contributed by atoms with E-state index in [0.29, 0.717) is 11.1 Å². The van der Waals surface area contributed by atoms with E-state index in [9.17, 15) is 13.2 Å². The van der Waals surface area contributed by atoms with Gasteiger partial charge >= 0.3 is 10.1 Å². The maximum Gasteiger partial charge on any atom is 0.358 e. The molecule has 0 atom stereocenters. The summed E-state index contributed by atoms with van der Waals surface area (Å²) in [6, 6.07) is 22.0. The van der Waals surface area contributed by atoms with Crippen LogP contribution >= 0.6 is 11.3 Å². The van der Waals surface area contributed by atoms with E-state index in [2.05, 4.69) is 10.1 Å². The van der Waals surface area contributed by atoms with E-state index in [-0.39, 0.29) is 15.6 Å². The molecular formula is C22H16N2O4S2. The Morgan fingerprint density at radius 2 is 1.60 bits per heavy atom. The average molecular weight is 437 g/mol. The van der Waals surface area contributed by atoms with Crippen LogP contribution in [0.5, 0.6) is 0 Å². The molecule has 0 unspecified atom stereocenters. The first-order valence-corrected chi connectivity index (χ1v) is 11.2. The van der Waals surface area contributed by atoms with Gasteiger partial charge in [0.25, 0.3) is 0 Å². The molecule has 0 aliphatic carbocycles. The van der Waals surface area contributed by atoms with Crippen LogP contribution in [0.2, 0.25) is 0 Å². The molecule has 4 aromatic rings. The molecule has 150 valence electrons. The van der Waals surface area contributed by atoms with Crippen molar-refractivity contribution in [2.24, 2.45) is 5.16 Å². The molecule has 0 radical (unpaired) electrons. The Hall–Kier alpha value is -3.36. The second-order valence-corrected chi connectivity index (χ2v) is 9.02. The summed E-state index contributed by atoms with van der Waals surface area (Å²) in [7, 11) is -4.19. The van der Waals surface area contributed by atoms with E-state index in [1.807, 2.05) is 31.2 Å². The highest BCUT2D eigenvalue weighted by molar-refractivity contribution is 7.86. The molecule has 0 aliphatic heterocycles. The van der Waals surface area contributed by atoms with E-state index in [0.717, 1.165) is 10.3 Å². The van der Waals surface area contributed by atoms with Gasteiger partial charge in [-0.2, -0.15) is 8.42 Å². The second-order valence-electron chi connectivity index (χ2n) is 6.46. The predicted molar refractivity (Wildman–Crippen MR) is 116 cm³/mol. The summed E-state index contributed by atoms with van der Waals surface area (Å²) in [6.07, 6.45) is 0. The molecule has 1 aromatic heterocycles. The SMILES string of the molecule is Cc1ccc(S(=O)(=O)ON=C(C(=O)c2ccccc2)c2nc3ccccc3s2)cc1. The van der Waals surface area contributed by atoms with Crippen molar-refractivity contribution in [3.8, 4) is 0 Å². The number of hydrogen-bond donors (Lipinski definition) is 0. The lowest BCUT2D eigenvalue weighted by Gasteiger charge is -2.05. The van der Waals surface area contributed by atoms with E-state index in [1.165, 1.54) is 23.5 Å². The molecule has 8 heteroatoms. The first kappa shape index (κ1) is 19.9. The third-order valence-electron chi connectivity index (χ3n) is 4.28. The Kier molecular flexibility index (Phi) is 5.43. The third kappa shape index (κ3) is 4.14. The van der Waals surface area contributed by atoms with Crippen molar-refractivity contribution in [3.63, 3.8) is 0 Å². The van der Waals surface area contributed by atoms with Crippen LogP contribution in [0.3, 0.4) is 0 Å². The highest BCUT2D eigenvalue weighted by Crippen LogP contribution is 2.24. The average Bonchev–Trinajstić information content (AvgIpc) is 3.18. The Labute approximate surface area is 177 Å². The summed E-state index contributed by atoms with van der Waals surface area (Å²) in [4.78, 5) is 17.5. The topological polar surface area (TPSA) is 85.7 Å². The number of carbonyl (C=O) groups is 1. The lowest BCUT2D eigenvalue weighted by atomic mass is 10.1. The molecule has 6 nitrogen and oxygen atoms in total. The van der Waals surface area contributed by atoms with Crippen LogP contribution in [0.1, 0.15) is 20.9 Å². The zero-order valence-electron chi connectivity index (χ0n) is 15.8. The highest BCUT2D eigenvalue weighted by Gasteiger charge is 2.23. The van der Waals surface area contributed by atoms with E-state index in [1.54, 1.807) is 42.5 Å². The molecule has 0 spiro atoms. The number of Topliss-reactive ketones (excluding diaryl/α,β-unsaturated/α-hetero) is 1. The quantitative estimate of drug-likeness (QED) is 0.251. The van der Waals surface area contributed by atoms with Crippen molar-refractivity contribution in [1.29, 1.82) is 0 Å². The van der Waals surface area contributed by atoms with Crippen molar-refractivity contribution in [2.45, 2.75) is 11.8 Å². The predicted octanol–water partition coefficient (Wildman–Crippen LogP) is 4.60. The normalized spacial score (nSPS) is 12.1. The first-order chi connectivity index (χ1) is 14.4. The summed E-state index contributed by atoms with van der Waals surface area (Å²) in [6.45, 7) is 1.85. The highest BCUT2D eigenvalue weighted by atomic mass is 32.2. The minimum absolute atomic E-state index is 0.0485. The standard InChI is InChI=1S/C22H16N2O4S2/c1-15-11-13-17(14-12-15)30(26,27)28-24-20(21(25)16-7-3-2-4-8-16)22-23-18-9-5-6-10-19(18)29-22/h2-14H,1H3. The number of nitrogens with zero attached hydrogens (tertiary/aromatic N) is 2. The maximum absolute atomic E-state index is 13.1. The van der Waals surface area contributed by atoms with Gasteiger partial charge in [0, 0.05) is 5.56 Å². The minimum Gasteiger partial charge on any atom is -0.287 e. The lowest BCUT2D eigenvalue weighted by Crippen LogP contribution is -2.17. The van der Waals surface area contributed by atoms with Gasteiger partial charge in [0.2, 0.25) is 5.78 Å². The zero-order valence-corrected chi connectivity index (χ0v) is 17.5. The molecule has 0 saturated carbocycles. The number of fused-ring (bicyclic) bond motifs is 1. The molecule has 30 heavy (non-hydrogen) atoms. The molecule has 0 N–H and O–H groups in total. The van der Waals surface area contributed by atoms with Crippen molar-refractivity contribution >= 4 is 43.2 Å². The fourth-order valence-electron chi connectivity index (χ4n) is 2.71. The molecule has 0 aliphatic rings. The number of ketones is 1. The van der Waals surface area contributed by atoms with Crippen LogP contribution in [0, 0.1) is 6.92 Å². The van der Waals surface area contributed by atoms with E-state index in [4.69, 9.17) is 4.28 Å². The van der Waals surface area contributed by atoms with Crippen molar-refractivity contribution < 1.29 is 17.5 Å². The van der Waals surface area contributed by atoms with Gasteiger partial charge in [-0.05, 0) is 31.2 Å². The number of aryl methyl sites for hydroxylation is 1. The van der Waals surface area contributed by atoms with Crippen LogP contribution in [-0.4, -0.2) is 24.9 Å². The van der Waals surface area contributed by atoms with Gasteiger partial charge in [-0.1, -0.05) is 65.3 Å². The molecule has 0 fully saturated rings.